The van der Waals surface area contributed by atoms with Crippen molar-refractivity contribution in [3.05, 3.63) is 29.7 Å². The Morgan fingerprint density at radius 1 is 1.47 bits per heavy atom. The zero-order chi connectivity index (χ0) is 12.6. The Kier molecular flexibility index (Phi) is 2.67. The van der Waals surface area contributed by atoms with E-state index < -0.39 is 5.97 Å². The molecule has 0 bridgehead atoms. The highest BCUT2D eigenvalue weighted by Crippen LogP contribution is 2.32. The Hall–Kier alpha value is -2.17. The lowest BCUT2D eigenvalue weighted by molar-refractivity contribution is 0.0698. The maximum absolute atomic E-state index is 11.1. The Morgan fingerprint density at radius 3 is 2.76 bits per heavy atom. The molecule has 0 spiro atoms. The van der Waals surface area contributed by atoms with E-state index >= 15 is 0 Å². The van der Waals surface area contributed by atoms with Crippen molar-refractivity contribution in [3.63, 3.8) is 0 Å². The number of aromatic nitrogens is 2. The van der Waals surface area contributed by atoms with E-state index in [2.05, 4.69) is 4.98 Å². The molecule has 0 amide bonds. The number of carboxylic acids is 1. The molecule has 0 aliphatic rings. The molecule has 17 heavy (non-hydrogen) atoms. The van der Waals surface area contributed by atoms with Gasteiger partial charge in [0, 0.05) is 25.1 Å². The SMILES string of the molecule is COc1cn(C)cc1-c1[nH]c(C)cc1C(=O)O. The van der Waals surface area contributed by atoms with Gasteiger partial charge in [0.2, 0.25) is 0 Å². The standard InChI is InChI=1S/C12H14N2O3/c1-7-4-8(12(15)16)11(13-7)9-5-14(2)6-10(9)17-3/h4-6,13H,1-3H3,(H,15,16). The Labute approximate surface area is 98.6 Å². The summed E-state index contributed by atoms with van der Waals surface area (Å²) in [7, 11) is 3.43. The van der Waals surface area contributed by atoms with E-state index in [1.807, 2.05) is 24.7 Å². The van der Waals surface area contributed by atoms with Gasteiger partial charge in [0.25, 0.3) is 0 Å². The molecule has 0 saturated carbocycles. The number of H-pyrrole nitrogens is 1. The summed E-state index contributed by atoms with van der Waals surface area (Å²) in [5.74, 6) is -0.299. The molecule has 2 rings (SSSR count). The first kappa shape index (κ1) is 11.3. The highest BCUT2D eigenvalue weighted by atomic mass is 16.5. The van der Waals surface area contributed by atoms with Crippen LogP contribution < -0.4 is 4.74 Å². The molecule has 0 radical (unpaired) electrons. The van der Waals surface area contributed by atoms with Gasteiger partial charge in [-0.1, -0.05) is 0 Å². The number of aryl methyl sites for hydroxylation is 2. The number of nitrogens with one attached hydrogen (secondary N) is 1. The van der Waals surface area contributed by atoms with Gasteiger partial charge in [-0.25, -0.2) is 4.79 Å². The van der Waals surface area contributed by atoms with E-state index in [-0.39, 0.29) is 5.56 Å². The van der Waals surface area contributed by atoms with Crippen LogP contribution in [0.5, 0.6) is 5.75 Å². The fourth-order valence-corrected chi connectivity index (χ4v) is 1.88. The second kappa shape index (κ2) is 4.01. The highest BCUT2D eigenvalue weighted by Gasteiger charge is 2.18. The smallest absolute Gasteiger partial charge is 0.337 e. The number of aromatic amines is 1. The van der Waals surface area contributed by atoms with Crippen molar-refractivity contribution in [1.82, 2.24) is 9.55 Å². The van der Waals surface area contributed by atoms with Crippen molar-refractivity contribution in [2.24, 2.45) is 7.05 Å². The van der Waals surface area contributed by atoms with Crippen LogP contribution in [0.2, 0.25) is 0 Å². The highest BCUT2D eigenvalue weighted by molar-refractivity contribution is 5.96. The molecule has 0 atom stereocenters. The van der Waals surface area contributed by atoms with Crippen LogP contribution in [0.4, 0.5) is 0 Å². The lowest BCUT2D eigenvalue weighted by Gasteiger charge is -2.01. The first-order chi connectivity index (χ1) is 8.02. The number of methoxy groups -OCH3 is 1. The van der Waals surface area contributed by atoms with E-state index in [1.54, 1.807) is 19.4 Å². The van der Waals surface area contributed by atoms with Crippen molar-refractivity contribution in [3.8, 4) is 17.0 Å². The minimum absolute atomic E-state index is 0.256. The molecule has 0 aromatic carbocycles. The van der Waals surface area contributed by atoms with E-state index in [0.717, 1.165) is 11.3 Å². The summed E-state index contributed by atoms with van der Waals surface area (Å²) in [6.07, 6.45) is 3.63. The van der Waals surface area contributed by atoms with Crippen LogP contribution in [0.15, 0.2) is 18.5 Å². The minimum Gasteiger partial charge on any atom is -0.494 e. The zero-order valence-electron chi connectivity index (χ0n) is 9.94. The summed E-state index contributed by atoms with van der Waals surface area (Å²) >= 11 is 0. The predicted octanol–water partition coefficient (Wildman–Crippen LogP) is 2.04. The monoisotopic (exact) mass is 234 g/mol. The van der Waals surface area contributed by atoms with Crippen LogP contribution >= 0.6 is 0 Å². The number of aromatic carboxylic acids is 1. The normalized spacial score (nSPS) is 10.5. The molecule has 2 N–H and O–H groups in total. The van der Waals surface area contributed by atoms with Gasteiger partial charge in [-0.05, 0) is 13.0 Å². The van der Waals surface area contributed by atoms with E-state index in [9.17, 15) is 4.79 Å². The third-order valence-corrected chi connectivity index (χ3v) is 2.59. The Morgan fingerprint density at radius 2 is 2.18 bits per heavy atom. The van der Waals surface area contributed by atoms with Crippen molar-refractivity contribution < 1.29 is 14.6 Å². The molecule has 2 heterocycles. The average Bonchev–Trinajstić information content (AvgIpc) is 2.81. The van der Waals surface area contributed by atoms with Gasteiger partial charge in [-0.3, -0.25) is 0 Å². The molecule has 90 valence electrons. The predicted molar refractivity (Wildman–Crippen MR) is 63.4 cm³/mol. The number of nitrogens with zero attached hydrogens (tertiary/aromatic N) is 1. The maximum atomic E-state index is 11.1. The third-order valence-electron chi connectivity index (χ3n) is 2.59. The van der Waals surface area contributed by atoms with Crippen LogP contribution in [0.3, 0.4) is 0 Å². The lowest BCUT2D eigenvalue weighted by Crippen LogP contribution is -1.97. The Bertz CT molecular complexity index is 566. The van der Waals surface area contributed by atoms with Gasteiger partial charge in [-0.15, -0.1) is 0 Å². The number of carbonyl (C=O) groups is 1. The molecule has 2 aromatic rings. The van der Waals surface area contributed by atoms with Crippen molar-refractivity contribution >= 4 is 5.97 Å². The molecular formula is C12H14N2O3. The molecule has 2 aromatic heterocycles. The summed E-state index contributed by atoms with van der Waals surface area (Å²) in [5.41, 5.74) is 2.39. The van der Waals surface area contributed by atoms with Crippen LogP contribution in [-0.4, -0.2) is 27.7 Å². The van der Waals surface area contributed by atoms with Crippen molar-refractivity contribution in [2.75, 3.05) is 7.11 Å². The number of rotatable bonds is 3. The molecule has 0 aliphatic heterocycles. The third kappa shape index (κ3) is 1.91. The van der Waals surface area contributed by atoms with Crippen LogP contribution in [0.25, 0.3) is 11.3 Å². The van der Waals surface area contributed by atoms with Crippen LogP contribution in [0, 0.1) is 6.92 Å². The van der Waals surface area contributed by atoms with Crippen molar-refractivity contribution in [2.45, 2.75) is 6.92 Å². The summed E-state index contributed by atoms with van der Waals surface area (Å²) < 4.78 is 7.06. The summed E-state index contributed by atoms with van der Waals surface area (Å²) in [4.78, 5) is 14.2. The Balaban J connectivity index is 2.63. The molecule has 0 aliphatic carbocycles. The first-order valence-corrected chi connectivity index (χ1v) is 5.16. The average molecular weight is 234 g/mol. The van der Waals surface area contributed by atoms with Gasteiger partial charge < -0.3 is 19.4 Å². The quantitative estimate of drug-likeness (QED) is 0.853. The topological polar surface area (TPSA) is 67.2 Å². The lowest BCUT2D eigenvalue weighted by atomic mass is 10.1. The van der Waals surface area contributed by atoms with Crippen LogP contribution in [-0.2, 0) is 7.05 Å². The summed E-state index contributed by atoms with van der Waals surface area (Å²) in [6.45, 7) is 1.82. The van der Waals surface area contributed by atoms with Gasteiger partial charge in [0.05, 0.1) is 23.9 Å². The molecule has 0 unspecified atom stereocenters. The molecule has 0 saturated heterocycles. The van der Waals surface area contributed by atoms with Gasteiger partial charge >= 0.3 is 5.97 Å². The fraction of sp³-hybridized carbons (Fsp3) is 0.250. The zero-order valence-corrected chi connectivity index (χ0v) is 9.94. The number of hydrogen-bond acceptors (Lipinski definition) is 2. The molecule has 5 heteroatoms. The summed E-state index contributed by atoms with van der Waals surface area (Å²) in [5, 5.41) is 9.14. The first-order valence-electron chi connectivity index (χ1n) is 5.16. The van der Waals surface area contributed by atoms with E-state index in [4.69, 9.17) is 9.84 Å². The molecule has 5 nitrogen and oxygen atoms in total. The van der Waals surface area contributed by atoms with Crippen LogP contribution in [0.1, 0.15) is 16.1 Å². The number of ether oxygens (including phenoxy) is 1. The second-order valence-corrected chi connectivity index (χ2v) is 3.95. The fourth-order valence-electron chi connectivity index (χ4n) is 1.88. The largest absolute Gasteiger partial charge is 0.494 e. The van der Waals surface area contributed by atoms with E-state index in [0.29, 0.717) is 11.4 Å². The molecular weight excluding hydrogens is 220 g/mol. The van der Waals surface area contributed by atoms with E-state index in [1.165, 1.54) is 0 Å². The minimum atomic E-state index is -0.949. The second-order valence-electron chi connectivity index (χ2n) is 3.95. The number of carboxylic acid groups (broad SMARTS) is 1. The maximum Gasteiger partial charge on any atom is 0.337 e. The van der Waals surface area contributed by atoms with Gasteiger partial charge in [0.15, 0.2) is 0 Å². The molecule has 0 fully saturated rings. The number of hydrogen-bond donors (Lipinski definition) is 2. The van der Waals surface area contributed by atoms with Gasteiger partial charge in [-0.2, -0.15) is 0 Å². The van der Waals surface area contributed by atoms with Crippen molar-refractivity contribution in [1.29, 1.82) is 0 Å². The van der Waals surface area contributed by atoms with Gasteiger partial charge in [0.1, 0.15) is 5.75 Å². The summed E-state index contributed by atoms with van der Waals surface area (Å²) in [6, 6.07) is 1.62.